The standard InChI is InChI=1S/C12H13BrFN5O/c1-8(20)18-2-4-19(5-3-18)12-6-9(13)11(16-17-15)7-10(12)14/h6-7H,2-5H2,1H3. The summed E-state index contributed by atoms with van der Waals surface area (Å²) in [4.78, 5) is 17.5. The zero-order chi connectivity index (χ0) is 14.7. The third kappa shape index (κ3) is 3.02. The van der Waals surface area contributed by atoms with Crippen molar-refractivity contribution in [3.63, 3.8) is 0 Å². The van der Waals surface area contributed by atoms with Crippen molar-refractivity contribution in [2.75, 3.05) is 31.1 Å². The van der Waals surface area contributed by atoms with Gasteiger partial charge in [-0.05, 0) is 17.7 Å². The number of halogens is 2. The van der Waals surface area contributed by atoms with Crippen molar-refractivity contribution in [2.45, 2.75) is 6.92 Å². The van der Waals surface area contributed by atoms with E-state index in [2.05, 4.69) is 26.0 Å². The Hall–Kier alpha value is -1.79. The highest BCUT2D eigenvalue weighted by Crippen LogP contribution is 2.33. The van der Waals surface area contributed by atoms with Crippen LogP contribution in [0.2, 0.25) is 0 Å². The summed E-state index contributed by atoms with van der Waals surface area (Å²) in [7, 11) is 0. The van der Waals surface area contributed by atoms with Crippen LogP contribution in [0.5, 0.6) is 0 Å². The van der Waals surface area contributed by atoms with Gasteiger partial charge in [-0.15, -0.1) is 0 Å². The number of hydrogen-bond donors (Lipinski definition) is 0. The van der Waals surface area contributed by atoms with Crippen LogP contribution in [0.3, 0.4) is 0 Å². The number of carbonyl (C=O) groups is 1. The second kappa shape index (κ2) is 6.11. The van der Waals surface area contributed by atoms with Gasteiger partial charge in [0.25, 0.3) is 0 Å². The van der Waals surface area contributed by atoms with Crippen molar-refractivity contribution in [1.29, 1.82) is 0 Å². The maximum atomic E-state index is 14.1. The Kier molecular flexibility index (Phi) is 4.46. The molecule has 0 bridgehead atoms. The second-order valence-corrected chi connectivity index (χ2v) is 5.29. The van der Waals surface area contributed by atoms with Gasteiger partial charge in [0.15, 0.2) is 0 Å². The predicted molar refractivity (Wildman–Crippen MR) is 77.4 cm³/mol. The Morgan fingerprint density at radius 1 is 1.40 bits per heavy atom. The molecule has 6 nitrogen and oxygen atoms in total. The van der Waals surface area contributed by atoms with E-state index in [0.29, 0.717) is 36.3 Å². The molecular formula is C12H13BrFN5O. The fourth-order valence-corrected chi connectivity index (χ4v) is 2.57. The molecule has 1 aromatic rings. The molecule has 0 N–H and O–H groups in total. The molecule has 0 saturated carbocycles. The SMILES string of the molecule is CC(=O)N1CCN(c2cc(Br)c(N=[N+]=[N-])cc2F)CC1. The number of amides is 1. The van der Waals surface area contributed by atoms with Crippen LogP contribution in [-0.4, -0.2) is 37.0 Å². The molecule has 20 heavy (non-hydrogen) atoms. The van der Waals surface area contributed by atoms with Crippen LogP contribution in [0.1, 0.15) is 6.92 Å². The molecule has 0 radical (unpaired) electrons. The first kappa shape index (κ1) is 14.6. The van der Waals surface area contributed by atoms with Crippen LogP contribution in [0.25, 0.3) is 10.4 Å². The Morgan fingerprint density at radius 2 is 2.05 bits per heavy atom. The van der Waals surface area contributed by atoms with Gasteiger partial charge in [0, 0.05) is 42.5 Å². The lowest BCUT2D eigenvalue weighted by atomic mass is 10.2. The Morgan fingerprint density at radius 3 is 2.60 bits per heavy atom. The van der Waals surface area contributed by atoms with E-state index in [1.807, 2.05) is 4.90 Å². The Balaban J connectivity index is 2.20. The van der Waals surface area contributed by atoms with E-state index >= 15 is 0 Å². The quantitative estimate of drug-likeness (QED) is 0.470. The van der Waals surface area contributed by atoms with Crippen molar-refractivity contribution in [1.82, 2.24) is 4.90 Å². The van der Waals surface area contributed by atoms with Crippen molar-refractivity contribution in [2.24, 2.45) is 5.11 Å². The molecule has 1 aliphatic rings. The first-order valence-corrected chi connectivity index (χ1v) is 6.87. The number of hydrogen-bond acceptors (Lipinski definition) is 3. The molecule has 106 valence electrons. The fourth-order valence-electron chi connectivity index (χ4n) is 2.16. The molecule has 0 spiro atoms. The van der Waals surface area contributed by atoms with Gasteiger partial charge in [-0.2, -0.15) is 0 Å². The van der Waals surface area contributed by atoms with Crippen LogP contribution in [0.15, 0.2) is 21.7 Å². The molecule has 1 saturated heterocycles. The monoisotopic (exact) mass is 341 g/mol. The molecule has 0 aromatic heterocycles. The van der Waals surface area contributed by atoms with Crippen LogP contribution in [0, 0.1) is 5.82 Å². The largest absolute Gasteiger partial charge is 0.366 e. The summed E-state index contributed by atoms with van der Waals surface area (Å²) >= 11 is 3.26. The smallest absolute Gasteiger partial charge is 0.219 e. The number of nitrogens with zero attached hydrogens (tertiary/aromatic N) is 5. The van der Waals surface area contributed by atoms with E-state index < -0.39 is 5.82 Å². The molecule has 8 heteroatoms. The summed E-state index contributed by atoms with van der Waals surface area (Å²) in [6, 6.07) is 2.80. The van der Waals surface area contributed by atoms with E-state index in [-0.39, 0.29) is 11.6 Å². The van der Waals surface area contributed by atoms with Crippen molar-refractivity contribution < 1.29 is 9.18 Å². The van der Waals surface area contributed by atoms with Crippen LogP contribution in [-0.2, 0) is 4.79 Å². The molecule has 1 heterocycles. The fraction of sp³-hybridized carbons (Fsp3) is 0.417. The van der Waals surface area contributed by atoms with Gasteiger partial charge in [-0.3, -0.25) is 4.79 Å². The summed E-state index contributed by atoms with van der Waals surface area (Å²) in [6.07, 6.45) is 0. The first-order valence-electron chi connectivity index (χ1n) is 6.07. The topological polar surface area (TPSA) is 72.3 Å². The Bertz CT molecular complexity index is 579. The van der Waals surface area contributed by atoms with Gasteiger partial charge in [0.05, 0.1) is 11.4 Å². The Labute approximate surface area is 123 Å². The number of anilines is 1. The number of rotatable bonds is 2. The van der Waals surface area contributed by atoms with Gasteiger partial charge in [0.1, 0.15) is 5.82 Å². The summed E-state index contributed by atoms with van der Waals surface area (Å²) in [6.45, 7) is 3.82. The van der Waals surface area contributed by atoms with Gasteiger partial charge >= 0.3 is 0 Å². The first-order chi connectivity index (χ1) is 9.52. The van der Waals surface area contributed by atoms with E-state index in [9.17, 15) is 9.18 Å². The molecule has 0 atom stereocenters. The van der Waals surface area contributed by atoms with Gasteiger partial charge < -0.3 is 9.80 Å². The average Bonchev–Trinajstić information content (AvgIpc) is 2.43. The molecule has 1 amide bonds. The molecule has 1 fully saturated rings. The molecule has 1 aromatic carbocycles. The van der Waals surface area contributed by atoms with Crippen molar-refractivity contribution >= 4 is 33.2 Å². The zero-order valence-electron chi connectivity index (χ0n) is 10.9. The number of benzene rings is 1. The summed E-state index contributed by atoms with van der Waals surface area (Å²) in [5.41, 5.74) is 9.06. The molecule has 0 aliphatic carbocycles. The minimum absolute atomic E-state index is 0.0324. The highest BCUT2D eigenvalue weighted by Gasteiger charge is 2.21. The third-order valence-corrected chi connectivity index (χ3v) is 3.87. The average molecular weight is 342 g/mol. The van der Waals surface area contributed by atoms with Crippen LogP contribution >= 0.6 is 15.9 Å². The van der Waals surface area contributed by atoms with Crippen LogP contribution < -0.4 is 4.90 Å². The zero-order valence-corrected chi connectivity index (χ0v) is 12.5. The summed E-state index contributed by atoms with van der Waals surface area (Å²) < 4.78 is 14.6. The maximum Gasteiger partial charge on any atom is 0.219 e. The van der Waals surface area contributed by atoms with E-state index in [4.69, 9.17) is 5.53 Å². The predicted octanol–water partition coefficient (Wildman–Crippen LogP) is 3.20. The minimum Gasteiger partial charge on any atom is -0.366 e. The summed E-state index contributed by atoms with van der Waals surface area (Å²) in [5.74, 6) is -0.406. The van der Waals surface area contributed by atoms with Crippen LogP contribution in [0.4, 0.5) is 15.8 Å². The van der Waals surface area contributed by atoms with Crippen molar-refractivity contribution in [3.8, 4) is 0 Å². The maximum absolute atomic E-state index is 14.1. The lowest BCUT2D eigenvalue weighted by Crippen LogP contribution is -2.48. The number of azide groups is 1. The second-order valence-electron chi connectivity index (χ2n) is 4.44. The summed E-state index contributed by atoms with van der Waals surface area (Å²) in [5, 5.41) is 3.41. The van der Waals surface area contributed by atoms with E-state index in [1.54, 1.807) is 11.0 Å². The third-order valence-electron chi connectivity index (χ3n) is 3.23. The van der Waals surface area contributed by atoms with Gasteiger partial charge in [0.2, 0.25) is 5.91 Å². The lowest BCUT2D eigenvalue weighted by Gasteiger charge is -2.35. The van der Waals surface area contributed by atoms with E-state index in [0.717, 1.165) is 0 Å². The van der Waals surface area contributed by atoms with E-state index in [1.165, 1.54) is 13.0 Å². The number of piperazine rings is 1. The highest BCUT2D eigenvalue weighted by atomic mass is 79.9. The normalized spacial score (nSPS) is 14.9. The molecule has 0 unspecified atom stereocenters. The van der Waals surface area contributed by atoms with Gasteiger partial charge in [-0.25, -0.2) is 4.39 Å². The minimum atomic E-state index is -0.438. The highest BCUT2D eigenvalue weighted by molar-refractivity contribution is 9.10. The molecular weight excluding hydrogens is 329 g/mol. The molecule has 1 aliphatic heterocycles. The lowest BCUT2D eigenvalue weighted by molar-refractivity contribution is -0.129. The number of carbonyl (C=O) groups excluding carboxylic acids is 1. The van der Waals surface area contributed by atoms with Gasteiger partial charge in [-0.1, -0.05) is 21.0 Å². The van der Waals surface area contributed by atoms with Crippen molar-refractivity contribution in [3.05, 3.63) is 32.9 Å². The molecule has 2 rings (SSSR count).